The lowest BCUT2D eigenvalue weighted by Crippen LogP contribution is -2.55. The summed E-state index contributed by atoms with van der Waals surface area (Å²) in [6.07, 6.45) is 3.40. The van der Waals surface area contributed by atoms with Crippen LogP contribution >= 0.6 is 11.6 Å². The van der Waals surface area contributed by atoms with Gasteiger partial charge in [0.2, 0.25) is 0 Å². The maximum Gasteiger partial charge on any atom is 0.146 e. The molecule has 0 aromatic heterocycles. The van der Waals surface area contributed by atoms with E-state index in [4.69, 9.17) is 11.6 Å². The number of hydrogen-bond donors (Lipinski definition) is 1. The zero-order valence-electron chi connectivity index (χ0n) is 12.3. The van der Waals surface area contributed by atoms with Gasteiger partial charge in [-0.25, -0.2) is 4.39 Å². The van der Waals surface area contributed by atoms with Gasteiger partial charge in [0, 0.05) is 37.3 Å². The lowest BCUT2D eigenvalue weighted by Gasteiger charge is -2.40. The number of benzene rings is 1. The van der Waals surface area contributed by atoms with Crippen molar-refractivity contribution >= 4 is 11.6 Å². The Morgan fingerprint density at radius 2 is 2.20 bits per heavy atom. The molecule has 1 aromatic rings. The molecule has 0 radical (unpaired) electrons. The fraction of sp³-hybridized carbons (Fsp3) is 0.625. The molecular formula is C16H24ClFN2. The standard InChI is InChI=1S/C16H24ClFN2/c1-3-6-14-9-19-13(4-2)11-20(14)10-12-7-5-8-15(17)16(12)18/h5,7-8,13-14,19H,3-4,6,9-11H2,1-2H3. The smallest absolute Gasteiger partial charge is 0.146 e. The lowest BCUT2D eigenvalue weighted by atomic mass is 10.0. The first-order valence-corrected chi connectivity index (χ1v) is 7.93. The van der Waals surface area contributed by atoms with Crippen LogP contribution in [0.1, 0.15) is 38.7 Å². The highest BCUT2D eigenvalue weighted by atomic mass is 35.5. The van der Waals surface area contributed by atoms with Gasteiger partial charge in [-0.1, -0.05) is 44.0 Å². The van der Waals surface area contributed by atoms with E-state index in [1.807, 2.05) is 12.1 Å². The van der Waals surface area contributed by atoms with E-state index < -0.39 is 0 Å². The number of piperazine rings is 1. The first-order chi connectivity index (χ1) is 9.65. The van der Waals surface area contributed by atoms with Gasteiger partial charge in [-0.15, -0.1) is 0 Å². The molecule has 1 heterocycles. The van der Waals surface area contributed by atoms with Gasteiger partial charge in [0.1, 0.15) is 5.82 Å². The third kappa shape index (κ3) is 3.72. The van der Waals surface area contributed by atoms with Crippen LogP contribution in [-0.2, 0) is 6.54 Å². The Balaban J connectivity index is 2.12. The van der Waals surface area contributed by atoms with Gasteiger partial charge < -0.3 is 5.32 Å². The quantitative estimate of drug-likeness (QED) is 0.889. The van der Waals surface area contributed by atoms with E-state index in [2.05, 4.69) is 24.1 Å². The van der Waals surface area contributed by atoms with E-state index in [-0.39, 0.29) is 10.8 Å². The van der Waals surface area contributed by atoms with E-state index in [1.165, 1.54) is 0 Å². The van der Waals surface area contributed by atoms with Crippen LogP contribution in [0.25, 0.3) is 0 Å². The van der Waals surface area contributed by atoms with Crippen molar-refractivity contribution in [2.24, 2.45) is 0 Å². The zero-order valence-corrected chi connectivity index (χ0v) is 13.1. The molecule has 1 aromatic carbocycles. The summed E-state index contributed by atoms with van der Waals surface area (Å²) in [6.45, 7) is 7.01. The predicted molar refractivity (Wildman–Crippen MR) is 82.6 cm³/mol. The average molecular weight is 299 g/mol. The normalized spacial score (nSPS) is 24.0. The molecule has 2 nitrogen and oxygen atoms in total. The van der Waals surface area contributed by atoms with Crippen LogP contribution in [0.15, 0.2) is 18.2 Å². The van der Waals surface area contributed by atoms with Gasteiger partial charge in [-0.3, -0.25) is 4.90 Å². The Bertz CT molecular complexity index is 438. The summed E-state index contributed by atoms with van der Waals surface area (Å²) < 4.78 is 14.1. The second-order valence-corrected chi connectivity index (χ2v) is 6.01. The first-order valence-electron chi connectivity index (χ1n) is 7.56. The molecule has 0 amide bonds. The topological polar surface area (TPSA) is 15.3 Å². The van der Waals surface area contributed by atoms with E-state index >= 15 is 0 Å². The van der Waals surface area contributed by atoms with Crippen LogP contribution < -0.4 is 5.32 Å². The molecule has 0 saturated carbocycles. The summed E-state index contributed by atoms with van der Waals surface area (Å²) >= 11 is 5.88. The number of nitrogens with zero attached hydrogens (tertiary/aromatic N) is 1. The molecule has 1 N–H and O–H groups in total. The molecular weight excluding hydrogens is 275 g/mol. The second kappa shape index (κ2) is 7.39. The largest absolute Gasteiger partial charge is 0.311 e. The molecule has 0 spiro atoms. The highest BCUT2D eigenvalue weighted by molar-refractivity contribution is 6.30. The maximum absolute atomic E-state index is 14.1. The molecule has 4 heteroatoms. The van der Waals surface area contributed by atoms with Crippen LogP contribution in [0.4, 0.5) is 4.39 Å². The summed E-state index contributed by atoms with van der Waals surface area (Å²) in [5.74, 6) is -0.268. The Hall–Kier alpha value is -0.640. The van der Waals surface area contributed by atoms with Crippen molar-refractivity contribution in [3.05, 3.63) is 34.6 Å². The molecule has 20 heavy (non-hydrogen) atoms. The Morgan fingerprint density at radius 1 is 1.40 bits per heavy atom. The number of halogens is 2. The van der Waals surface area contributed by atoms with Crippen molar-refractivity contribution in [3.63, 3.8) is 0 Å². The molecule has 1 aliphatic heterocycles. The van der Waals surface area contributed by atoms with Gasteiger partial charge in [0.05, 0.1) is 5.02 Å². The van der Waals surface area contributed by atoms with E-state index in [0.717, 1.165) is 32.4 Å². The summed E-state index contributed by atoms with van der Waals surface area (Å²) in [4.78, 5) is 2.41. The molecule has 1 saturated heterocycles. The highest BCUT2D eigenvalue weighted by Crippen LogP contribution is 2.22. The molecule has 0 bridgehead atoms. The van der Waals surface area contributed by atoms with Gasteiger partial charge >= 0.3 is 0 Å². The molecule has 1 fully saturated rings. The highest BCUT2D eigenvalue weighted by Gasteiger charge is 2.27. The van der Waals surface area contributed by atoms with Gasteiger partial charge in [0.15, 0.2) is 0 Å². The molecule has 2 unspecified atom stereocenters. The van der Waals surface area contributed by atoms with Crippen molar-refractivity contribution < 1.29 is 4.39 Å². The van der Waals surface area contributed by atoms with Crippen molar-refractivity contribution in [2.75, 3.05) is 13.1 Å². The minimum atomic E-state index is -0.268. The molecule has 112 valence electrons. The molecule has 0 aliphatic carbocycles. The summed E-state index contributed by atoms with van der Waals surface area (Å²) in [5, 5.41) is 3.80. The fourth-order valence-electron chi connectivity index (χ4n) is 2.90. The van der Waals surface area contributed by atoms with Gasteiger partial charge in [-0.2, -0.15) is 0 Å². The summed E-state index contributed by atoms with van der Waals surface area (Å²) in [7, 11) is 0. The Morgan fingerprint density at radius 3 is 2.90 bits per heavy atom. The maximum atomic E-state index is 14.1. The van der Waals surface area contributed by atoms with E-state index in [1.54, 1.807) is 6.07 Å². The number of rotatable bonds is 5. The van der Waals surface area contributed by atoms with Crippen LogP contribution in [0.2, 0.25) is 5.02 Å². The van der Waals surface area contributed by atoms with Crippen LogP contribution in [0, 0.1) is 5.82 Å². The zero-order chi connectivity index (χ0) is 14.5. The first kappa shape index (κ1) is 15.7. The third-order valence-corrected chi connectivity index (χ3v) is 4.43. The molecule has 2 atom stereocenters. The summed E-state index contributed by atoms with van der Waals surface area (Å²) in [5.41, 5.74) is 0.704. The van der Waals surface area contributed by atoms with Crippen molar-refractivity contribution in [1.82, 2.24) is 10.2 Å². The SMILES string of the molecule is CCCC1CNC(CC)CN1Cc1cccc(Cl)c1F. The minimum Gasteiger partial charge on any atom is -0.311 e. The Kier molecular flexibility index (Phi) is 5.82. The van der Waals surface area contributed by atoms with Crippen molar-refractivity contribution in [1.29, 1.82) is 0 Å². The van der Waals surface area contributed by atoms with Crippen molar-refractivity contribution in [3.8, 4) is 0 Å². The van der Waals surface area contributed by atoms with Gasteiger partial charge in [-0.05, 0) is 18.9 Å². The minimum absolute atomic E-state index is 0.219. The average Bonchev–Trinajstić information content (AvgIpc) is 2.46. The Labute approximate surface area is 126 Å². The monoisotopic (exact) mass is 298 g/mol. The van der Waals surface area contributed by atoms with Gasteiger partial charge in [0.25, 0.3) is 0 Å². The summed E-state index contributed by atoms with van der Waals surface area (Å²) in [6, 6.07) is 6.27. The van der Waals surface area contributed by atoms with E-state index in [0.29, 0.717) is 24.2 Å². The predicted octanol–water partition coefficient (Wildman–Crippen LogP) is 3.83. The second-order valence-electron chi connectivity index (χ2n) is 5.60. The number of nitrogens with one attached hydrogen (secondary N) is 1. The lowest BCUT2D eigenvalue weighted by molar-refractivity contribution is 0.112. The van der Waals surface area contributed by atoms with Crippen molar-refractivity contribution in [2.45, 2.75) is 51.7 Å². The van der Waals surface area contributed by atoms with E-state index in [9.17, 15) is 4.39 Å². The molecule has 1 aliphatic rings. The molecule has 2 rings (SSSR count). The van der Waals surface area contributed by atoms with Crippen LogP contribution in [0.5, 0.6) is 0 Å². The fourth-order valence-corrected chi connectivity index (χ4v) is 3.10. The number of hydrogen-bond acceptors (Lipinski definition) is 2. The van der Waals surface area contributed by atoms with Crippen LogP contribution in [0.3, 0.4) is 0 Å². The third-order valence-electron chi connectivity index (χ3n) is 4.13. The van der Waals surface area contributed by atoms with Crippen LogP contribution in [-0.4, -0.2) is 30.1 Å².